The van der Waals surface area contributed by atoms with Crippen LogP contribution in [-0.4, -0.2) is 34.4 Å². The highest BCUT2D eigenvalue weighted by Crippen LogP contribution is 2.26. The van der Waals surface area contributed by atoms with Crippen LogP contribution < -0.4 is 5.32 Å². The second-order valence-corrected chi connectivity index (χ2v) is 7.79. The van der Waals surface area contributed by atoms with Gasteiger partial charge in [-0.15, -0.1) is 10.2 Å². The van der Waals surface area contributed by atoms with E-state index in [1.165, 1.54) is 23.1 Å². The van der Waals surface area contributed by atoms with E-state index in [2.05, 4.69) is 15.5 Å². The highest BCUT2D eigenvalue weighted by molar-refractivity contribution is 8.01. The average Bonchev–Trinajstić information content (AvgIpc) is 3.00. The maximum absolute atomic E-state index is 12.0. The molecule has 0 fully saturated rings. The molecule has 0 unspecified atom stereocenters. The number of carbonyl (C=O) groups is 2. The van der Waals surface area contributed by atoms with Gasteiger partial charge in [0.2, 0.25) is 11.0 Å². The number of aryl methyl sites for hydroxylation is 1. The predicted octanol–water partition coefficient (Wildman–Crippen LogP) is 4.07. The second-order valence-electron chi connectivity index (χ2n) is 4.75. The standard InChI is InChI=1S/C15H15Cl2N3O3S2/c1-2-23-13(22)8-24-15-20-19-14(25-15)18-12(21)6-4-9-3-5-10(16)7-11(9)17/h3,5,7H,2,4,6,8H2,1H3,(H,18,19,21). The molecule has 0 saturated carbocycles. The van der Waals surface area contributed by atoms with E-state index in [9.17, 15) is 9.59 Å². The Morgan fingerprint density at radius 1 is 1.32 bits per heavy atom. The number of nitrogens with zero attached hydrogens (tertiary/aromatic N) is 2. The fraction of sp³-hybridized carbons (Fsp3) is 0.333. The molecule has 0 aliphatic heterocycles. The minimum absolute atomic E-state index is 0.158. The summed E-state index contributed by atoms with van der Waals surface area (Å²) in [7, 11) is 0. The molecule has 10 heteroatoms. The maximum Gasteiger partial charge on any atom is 0.316 e. The summed E-state index contributed by atoms with van der Waals surface area (Å²) in [6.45, 7) is 2.09. The molecule has 2 rings (SSSR count). The zero-order valence-corrected chi connectivity index (χ0v) is 16.4. The molecular formula is C15H15Cl2N3O3S2. The number of anilines is 1. The summed E-state index contributed by atoms with van der Waals surface area (Å²) in [6.07, 6.45) is 0.747. The van der Waals surface area contributed by atoms with Gasteiger partial charge in [0, 0.05) is 16.5 Å². The van der Waals surface area contributed by atoms with E-state index < -0.39 is 0 Å². The molecule has 0 atom stereocenters. The monoisotopic (exact) mass is 419 g/mol. The lowest BCUT2D eigenvalue weighted by Gasteiger charge is -2.04. The van der Waals surface area contributed by atoms with Gasteiger partial charge in [-0.2, -0.15) is 0 Å². The number of aromatic nitrogens is 2. The number of rotatable bonds is 8. The number of esters is 1. The minimum atomic E-state index is -0.312. The molecular weight excluding hydrogens is 405 g/mol. The summed E-state index contributed by atoms with van der Waals surface area (Å²) in [4.78, 5) is 23.3. The van der Waals surface area contributed by atoms with Crippen LogP contribution in [0.25, 0.3) is 0 Å². The lowest BCUT2D eigenvalue weighted by Crippen LogP contribution is -2.12. The van der Waals surface area contributed by atoms with Gasteiger partial charge in [-0.05, 0) is 31.0 Å². The smallest absolute Gasteiger partial charge is 0.316 e. The van der Waals surface area contributed by atoms with Gasteiger partial charge >= 0.3 is 5.97 Å². The van der Waals surface area contributed by atoms with E-state index >= 15 is 0 Å². The zero-order valence-electron chi connectivity index (χ0n) is 13.3. The summed E-state index contributed by atoms with van der Waals surface area (Å²) >= 11 is 14.4. The molecule has 0 radical (unpaired) electrons. The first-order chi connectivity index (χ1) is 12.0. The van der Waals surface area contributed by atoms with Crippen molar-refractivity contribution in [1.82, 2.24) is 10.2 Å². The van der Waals surface area contributed by atoms with Gasteiger partial charge in [0.05, 0.1) is 12.4 Å². The van der Waals surface area contributed by atoms with Crippen LogP contribution >= 0.6 is 46.3 Å². The van der Waals surface area contributed by atoms with Gasteiger partial charge in [-0.25, -0.2) is 0 Å². The largest absolute Gasteiger partial charge is 0.465 e. The van der Waals surface area contributed by atoms with Crippen LogP contribution in [0.3, 0.4) is 0 Å². The van der Waals surface area contributed by atoms with Gasteiger partial charge in [0.15, 0.2) is 4.34 Å². The summed E-state index contributed by atoms with van der Waals surface area (Å²) in [5.41, 5.74) is 0.851. The van der Waals surface area contributed by atoms with Crippen molar-refractivity contribution in [3.05, 3.63) is 33.8 Å². The third kappa shape index (κ3) is 6.81. The SMILES string of the molecule is CCOC(=O)CSc1nnc(NC(=O)CCc2ccc(Cl)cc2Cl)s1. The van der Waals surface area contributed by atoms with Crippen LogP contribution in [0.15, 0.2) is 22.5 Å². The number of hydrogen-bond acceptors (Lipinski definition) is 7. The molecule has 0 aliphatic rings. The Kier molecular flexibility index (Phi) is 7.95. The number of carbonyl (C=O) groups excluding carboxylic acids is 2. The van der Waals surface area contributed by atoms with Crippen LogP contribution in [0.4, 0.5) is 5.13 Å². The molecule has 1 amide bonds. The Balaban J connectivity index is 1.79. The fourth-order valence-corrected chi connectivity index (χ4v) is 3.87. The maximum atomic E-state index is 12.0. The van der Waals surface area contributed by atoms with Gasteiger partial charge in [-0.1, -0.05) is 52.4 Å². The normalized spacial score (nSPS) is 10.5. The number of thioether (sulfide) groups is 1. The summed E-state index contributed by atoms with van der Waals surface area (Å²) in [5.74, 6) is -0.344. The van der Waals surface area contributed by atoms with Crippen molar-refractivity contribution in [3.63, 3.8) is 0 Å². The Hall–Kier alpha value is -1.35. The quantitative estimate of drug-likeness (QED) is 0.394. The highest BCUT2D eigenvalue weighted by atomic mass is 35.5. The van der Waals surface area contributed by atoms with Crippen LogP contribution in [0, 0.1) is 0 Å². The zero-order chi connectivity index (χ0) is 18.2. The van der Waals surface area contributed by atoms with Crippen molar-refractivity contribution in [2.24, 2.45) is 0 Å². The molecule has 0 spiro atoms. The second kappa shape index (κ2) is 9.96. The van der Waals surface area contributed by atoms with Gasteiger partial charge in [-0.3, -0.25) is 9.59 Å². The molecule has 1 heterocycles. The summed E-state index contributed by atoms with van der Waals surface area (Å²) < 4.78 is 5.42. The van der Waals surface area contributed by atoms with E-state index in [0.29, 0.717) is 32.5 Å². The van der Waals surface area contributed by atoms with Gasteiger partial charge in [0.1, 0.15) is 0 Å². The van der Waals surface area contributed by atoms with Crippen molar-refractivity contribution in [1.29, 1.82) is 0 Å². The van der Waals surface area contributed by atoms with Crippen LogP contribution in [0.5, 0.6) is 0 Å². The third-order valence-corrected chi connectivity index (χ3v) is 5.44. The van der Waals surface area contributed by atoms with Gasteiger partial charge in [0.25, 0.3) is 0 Å². The van der Waals surface area contributed by atoms with Crippen molar-refractivity contribution in [3.8, 4) is 0 Å². The first kappa shape index (κ1) is 20.0. The van der Waals surface area contributed by atoms with Crippen LogP contribution in [0.2, 0.25) is 10.0 Å². The van der Waals surface area contributed by atoms with E-state index in [1.54, 1.807) is 25.1 Å². The van der Waals surface area contributed by atoms with Crippen molar-refractivity contribution < 1.29 is 14.3 Å². The minimum Gasteiger partial charge on any atom is -0.465 e. The average molecular weight is 420 g/mol. The Morgan fingerprint density at radius 2 is 2.12 bits per heavy atom. The van der Waals surface area contributed by atoms with E-state index in [-0.39, 0.29) is 24.1 Å². The Morgan fingerprint density at radius 3 is 2.84 bits per heavy atom. The number of benzene rings is 1. The van der Waals surface area contributed by atoms with Gasteiger partial charge < -0.3 is 10.1 Å². The van der Waals surface area contributed by atoms with Crippen LogP contribution in [-0.2, 0) is 20.7 Å². The first-order valence-electron chi connectivity index (χ1n) is 7.33. The van der Waals surface area contributed by atoms with Crippen molar-refractivity contribution in [2.75, 3.05) is 17.7 Å². The fourth-order valence-electron chi connectivity index (χ4n) is 1.80. The van der Waals surface area contributed by atoms with E-state index in [0.717, 1.165) is 5.56 Å². The molecule has 2 aromatic rings. The van der Waals surface area contributed by atoms with Crippen molar-refractivity contribution in [2.45, 2.75) is 24.1 Å². The number of amides is 1. The molecule has 25 heavy (non-hydrogen) atoms. The topological polar surface area (TPSA) is 81.2 Å². The first-order valence-corrected chi connectivity index (χ1v) is 9.89. The number of halogens is 2. The number of hydrogen-bond donors (Lipinski definition) is 1. The summed E-state index contributed by atoms with van der Waals surface area (Å²) in [5, 5.41) is 12.0. The Bertz CT molecular complexity index is 755. The molecule has 134 valence electrons. The molecule has 0 saturated heterocycles. The highest BCUT2D eigenvalue weighted by Gasteiger charge is 2.11. The lowest BCUT2D eigenvalue weighted by molar-refractivity contribution is -0.139. The molecule has 1 N–H and O–H groups in total. The number of nitrogens with one attached hydrogen (secondary N) is 1. The van der Waals surface area contributed by atoms with E-state index in [1.807, 2.05) is 0 Å². The number of ether oxygens (including phenoxy) is 1. The summed E-state index contributed by atoms with van der Waals surface area (Å²) in [6, 6.07) is 5.18. The molecule has 6 nitrogen and oxygen atoms in total. The van der Waals surface area contributed by atoms with Crippen molar-refractivity contribution >= 4 is 63.3 Å². The van der Waals surface area contributed by atoms with Crippen LogP contribution in [0.1, 0.15) is 18.9 Å². The molecule has 0 bridgehead atoms. The lowest BCUT2D eigenvalue weighted by atomic mass is 10.1. The molecule has 1 aromatic carbocycles. The van der Waals surface area contributed by atoms with E-state index in [4.69, 9.17) is 27.9 Å². The molecule has 0 aliphatic carbocycles. The Labute approximate surface area is 163 Å². The third-order valence-electron chi connectivity index (χ3n) is 2.91. The molecule has 1 aromatic heterocycles. The predicted molar refractivity (Wildman–Crippen MR) is 101 cm³/mol.